The normalized spacial score (nSPS) is 11.4. The second kappa shape index (κ2) is 12.2. The van der Waals surface area contributed by atoms with Gasteiger partial charge in [-0.1, -0.05) is 62.4 Å². The lowest BCUT2D eigenvalue weighted by Crippen LogP contribution is -2.42. The van der Waals surface area contributed by atoms with Gasteiger partial charge in [0.05, 0.1) is 32.3 Å². The molecule has 0 saturated carbocycles. The molecule has 0 aliphatic rings. The predicted molar refractivity (Wildman–Crippen MR) is 172 cm³/mol. The number of amides is 2. The number of thiophene rings is 2. The quantitative estimate of drug-likeness (QED) is 0.181. The second-order valence-electron chi connectivity index (χ2n) is 10.8. The number of aromatic nitrogens is 4. The zero-order chi connectivity index (χ0) is 29.8. The van der Waals surface area contributed by atoms with Gasteiger partial charge in [0, 0.05) is 25.5 Å². The van der Waals surface area contributed by atoms with Crippen LogP contribution in [0.3, 0.4) is 0 Å². The van der Waals surface area contributed by atoms with E-state index in [0.29, 0.717) is 35.6 Å². The highest BCUT2D eigenvalue weighted by molar-refractivity contribution is 7.13. The summed E-state index contributed by atoms with van der Waals surface area (Å²) in [5.41, 5.74) is 3.60. The maximum absolute atomic E-state index is 13.5. The van der Waals surface area contributed by atoms with Gasteiger partial charge in [-0.25, -0.2) is 9.36 Å². The van der Waals surface area contributed by atoms with Gasteiger partial charge in [0.1, 0.15) is 11.4 Å². The first-order valence-corrected chi connectivity index (χ1v) is 15.6. The highest BCUT2D eigenvalue weighted by Crippen LogP contribution is 2.29. The van der Waals surface area contributed by atoms with Gasteiger partial charge in [-0.15, -0.1) is 22.7 Å². The number of hydrogen-bond acceptors (Lipinski definition) is 6. The number of para-hydroxylation sites is 2. The summed E-state index contributed by atoms with van der Waals surface area (Å²) in [4.78, 5) is 28.8. The van der Waals surface area contributed by atoms with Crippen molar-refractivity contribution < 1.29 is 9.59 Å². The minimum Gasteiger partial charge on any atom is -0.351 e. The third-order valence-corrected chi connectivity index (χ3v) is 8.68. The summed E-state index contributed by atoms with van der Waals surface area (Å²) < 4.78 is 3.46. The monoisotopic (exact) mass is 606 g/mol. The van der Waals surface area contributed by atoms with Crippen LogP contribution in [-0.4, -0.2) is 44.5 Å². The Kier molecular flexibility index (Phi) is 8.04. The van der Waals surface area contributed by atoms with Gasteiger partial charge in [-0.05, 0) is 52.6 Å². The zero-order valence-corrected chi connectivity index (χ0v) is 25.4. The Bertz CT molecular complexity index is 1690. The molecule has 0 fully saturated rings. The van der Waals surface area contributed by atoms with Crippen LogP contribution in [0.4, 0.5) is 0 Å². The standard InChI is InChI=1S/C33H30N6O2S2/c1-33(2,21-34-31(40)25-19-38(23-11-5-3-6-12-23)36-29(25)27-15-9-17-42-27)22-35-32(41)26-20-39(24-13-7-4-8-14-24)37-30(26)28-16-10-18-43-28/h3-20H,21-22H2,1-2H3,(H,34,40)(H,35,41). The lowest BCUT2D eigenvalue weighted by Gasteiger charge is -2.25. The summed E-state index contributed by atoms with van der Waals surface area (Å²) in [6.45, 7) is 4.73. The predicted octanol–water partition coefficient (Wildman–Crippen LogP) is 6.70. The van der Waals surface area contributed by atoms with Crippen LogP contribution in [0.1, 0.15) is 34.6 Å². The lowest BCUT2D eigenvalue weighted by molar-refractivity contribution is 0.0920. The van der Waals surface area contributed by atoms with Crippen LogP contribution in [0.5, 0.6) is 0 Å². The van der Waals surface area contributed by atoms with Gasteiger partial charge >= 0.3 is 0 Å². The molecule has 6 aromatic rings. The molecular weight excluding hydrogens is 577 g/mol. The number of carbonyl (C=O) groups is 2. The smallest absolute Gasteiger partial charge is 0.255 e. The summed E-state index contributed by atoms with van der Waals surface area (Å²) in [5, 5.41) is 19.6. The topological polar surface area (TPSA) is 93.8 Å². The van der Waals surface area contributed by atoms with Crippen molar-refractivity contribution in [1.29, 1.82) is 0 Å². The third-order valence-electron chi connectivity index (χ3n) is 6.92. The van der Waals surface area contributed by atoms with Crippen LogP contribution in [0, 0.1) is 5.41 Å². The van der Waals surface area contributed by atoms with Crippen LogP contribution in [0.25, 0.3) is 32.5 Å². The van der Waals surface area contributed by atoms with Crippen LogP contribution in [0.15, 0.2) is 108 Å². The van der Waals surface area contributed by atoms with Crippen molar-refractivity contribution in [1.82, 2.24) is 30.2 Å². The van der Waals surface area contributed by atoms with Crippen molar-refractivity contribution in [3.63, 3.8) is 0 Å². The highest BCUT2D eigenvalue weighted by atomic mass is 32.1. The number of rotatable bonds is 10. The van der Waals surface area contributed by atoms with Gasteiger partial charge in [-0.2, -0.15) is 10.2 Å². The molecule has 0 aliphatic heterocycles. The van der Waals surface area contributed by atoms with E-state index in [9.17, 15) is 9.59 Å². The Balaban J connectivity index is 1.15. The molecule has 0 spiro atoms. The van der Waals surface area contributed by atoms with E-state index in [1.165, 1.54) is 22.7 Å². The van der Waals surface area contributed by atoms with E-state index in [1.807, 2.05) is 110 Å². The molecule has 43 heavy (non-hydrogen) atoms. The lowest BCUT2D eigenvalue weighted by atomic mass is 9.93. The maximum atomic E-state index is 13.5. The van der Waals surface area contributed by atoms with E-state index < -0.39 is 5.41 Å². The average molecular weight is 607 g/mol. The van der Waals surface area contributed by atoms with Crippen molar-refractivity contribution >= 4 is 34.5 Å². The van der Waals surface area contributed by atoms with Gasteiger partial charge in [0.2, 0.25) is 0 Å². The molecule has 4 heterocycles. The SMILES string of the molecule is CC(C)(CNC(=O)c1cn(-c2ccccc2)nc1-c1cccs1)CNC(=O)c1cn(-c2ccccc2)nc1-c1cccs1. The van der Waals surface area contributed by atoms with Crippen molar-refractivity contribution in [2.45, 2.75) is 13.8 Å². The summed E-state index contributed by atoms with van der Waals surface area (Å²) in [5.74, 6) is -0.428. The summed E-state index contributed by atoms with van der Waals surface area (Å²) >= 11 is 3.08. The number of carbonyl (C=O) groups excluding carboxylic acids is 2. The van der Waals surface area contributed by atoms with Gasteiger partial charge < -0.3 is 10.6 Å². The molecule has 10 heteroatoms. The van der Waals surface area contributed by atoms with Gasteiger partial charge in [0.15, 0.2) is 0 Å². The molecule has 8 nitrogen and oxygen atoms in total. The fraction of sp³-hybridized carbons (Fsp3) is 0.152. The molecule has 0 atom stereocenters. The minimum atomic E-state index is -0.428. The molecule has 2 amide bonds. The van der Waals surface area contributed by atoms with Gasteiger partial charge in [-0.3, -0.25) is 9.59 Å². The molecule has 2 aromatic carbocycles. The Morgan fingerprint density at radius 2 is 1.07 bits per heavy atom. The summed E-state index contributed by atoms with van der Waals surface area (Å²) in [6, 6.07) is 27.3. The molecule has 0 saturated heterocycles. The fourth-order valence-corrected chi connectivity index (χ4v) is 6.04. The average Bonchev–Trinajstić information content (AvgIpc) is 3.86. The van der Waals surface area contributed by atoms with Crippen LogP contribution < -0.4 is 10.6 Å². The Morgan fingerprint density at radius 1 is 0.651 bits per heavy atom. The molecule has 6 rings (SSSR count). The Hall–Kier alpha value is -4.80. The summed E-state index contributed by atoms with van der Waals surface area (Å²) in [6.07, 6.45) is 3.54. The first-order valence-electron chi connectivity index (χ1n) is 13.8. The van der Waals surface area contributed by atoms with E-state index in [1.54, 1.807) is 21.8 Å². The van der Waals surface area contributed by atoms with E-state index in [0.717, 1.165) is 21.1 Å². The third kappa shape index (κ3) is 6.35. The zero-order valence-electron chi connectivity index (χ0n) is 23.7. The molecule has 0 aliphatic carbocycles. The molecule has 2 N–H and O–H groups in total. The van der Waals surface area contributed by atoms with Crippen molar-refractivity contribution in [3.8, 4) is 32.5 Å². The van der Waals surface area contributed by atoms with Crippen LogP contribution in [-0.2, 0) is 0 Å². The highest BCUT2D eigenvalue weighted by Gasteiger charge is 2.26. The van der Waals surface area contributed by atoms with E-state index in [2.05, 4.69) is 10.6 Å². The molecule has 216 valence electrons. The second-order valence-corrected chi connectivity index (χ2v) is 12.7. The van der Waals surface area contributed by atoms with Crippen molar-refractivity contribution in [2.24, 2.45) is 5.41 Å². The van der Waals surface area contributed by atoms with Crippen LogP contribution in [0.2, 0.25) is 0 Å². The Labute approximate surface area is 257 Å². The first kappa shape index (κ1) is 28.3. The molecule has 4 aromatic heterocycles. The first-order chi connectivity index (χ1) is 20.9. The number of hydrogen-bond donors (Lipinski definition) is 2. The minimum absolute atomic E-state index is 0.214. The summed E-state index contributed by atoms with van der Waals surface area (Å²) in [7, 11) is 0. The molecule has 0 unspecified atom stereocenters. The number of nitrogens with one attached hydrogen (secondary N) is 2. The van der Waals surface area contributed by atoms with E-state index in [4.69, 9.17) is 10.2 Å². The molecular formula is C33H30N6O2S2. The number of nitrogens with zero attached hydrogens (tertiary/aromatic N) is 4. The van der Waals surface area contributed by atoms with Crippen LogP contribution >= 0.6 is 22.7 Å². The maximum Gasteiger partial charge on any atom is 0.255 e. The van der Waals surface area contributed by atoms with Crippen molar-refractivity contribution in [3.05, 3.63) is 119 Å². The molecule has 0 radical (unpaired) electrons. The fourth-order valence-electron chi connectivity index (χ4n) is 4.59. The van der Waals surface area contributed by atoms with E-state index in [-0.39, 0.29) is 11.8 Å². The molecule has 0 bridgehead atoms. The van der Waals surface area contributed by atoms with Gasteiger partial charge in [0.25, 0.3) is 11.8 Å². The largest absolute Gasteiger partial charge is 0.351 e. The van der Waals surface area contributed by atoms with Crippen molar-refractivity contribution in [2.75, 3.05) is 13.1 Å². The Morgan fingerprint density at radius 3 is 1.44 bits per heavy atom. The van der Waals surface area contributed by atoms with E-state index >= 15 is 0 Å². The number of benzene rings is 2.